The fourth-order valence-corrected chi connectivity index (χ4v) is 3.04. The Labute approximate surface area is 166 Å². The highest BCUT2D eigenvalue weighted by molar-refractivity contribution is 5.68. The number of nitrogens with one attached hydrogen (secondary N) is 2. The molecule has 6 heteroatoms. The number of aryl methyl sites for hydroxylation is 3. The molecule has 0 saturated heterocycles. The average Bonchev–Trinajstić information content (AvgIpc) is 2.69. The summed E-state index contributed by atoms with van der Waals surface area (Å²) >= 11 is 0. The molecule has 0 aliphatic carbocycles. The van der Waals surface area contributed by atoms with Gasteiger partial charge in [-0.2, -0.15) is 4.98 Å². The number of para-hydroxylation sites is 1. The van der Waals surface area contributed by atoms with E-state index in [-0.39, 0.29) is 0 Å². The fraction of sp³-hybridized carbons (Fsp3) is 0.273. The number of hydrogen-bond acceptors (Lipinski definition) is 6. The van der Waals surface area contributed by atoms with Crippen molar-refractivity contribution in [3.05, 3.63) is 59.3 Å². The zero-order valence-corrected chi connectivity index (χ0v) is 17.0. The van der Waals surface area contributed by atoms with Crippen molar-refractivity contribution >= 4 is 23.1 Å². The van der Waals surface area contributed by atoms with Crippen molar-refractivity contribution in [2.75, 3.05) is 24.9 Å². The van der Waals surface area contributed by atoms with E-state index in [1.54, 1.807) is 14.2 Å². The van der Waals surface area contributed by atoms with Gasteiger partial charge >= 0.3 is 0 Å². The first-order valence-electron chi connectivity index (χ1n) is 9.24. The number of rotatable bonds is 7. The summed E-state index contributed by atoms with van der Waals surface area (Å²) in [4.78, 5) is 9.18. The minimum Gasteiger partial charge on any atom is -0.497 e. The van der Waals surface area contributed by atoms with Crippen LogP contribution in [-0.2, 0) is 6.42 Å². The number of ether oxygens (including phenoxy) is 2. The number of anilines is 4. The predicted molar refractivity (Wildman–Crippen MR) is 113 cm³/mol. The van der Waals surface area contributed by atoms with E-state index >= 15 is 0 Å². The molecule has 3 rings (SSSR count). The Morgan fingerprint density at radius 2 is 1.75 bits per heavy atom. The molecule has 0 aliphatic rings. The van der Waals surface area contributed by atoms with Crippen molar-refractivity contribution in [3.8, 4) is 11.5 Å². The van der Waals surface area contributed by atoms with Crippen molar-refractivity contribution in [2.24, 2.45) is 0 Å². The lowest BCUT2D eigenvalue weighted by Crippen LogP contribution is -2.05. The standard InChI is InChI=1S/C22H26N4O2/c1-6-16-9-7-8-14(2)21(16)26-22-23-15(3)12-20(25-22)24-18-11-10-17(27-4)13-19(18)28-5/h7-13H,6H2,1-5H3,(H2,23,24,25,26). The molecule has 3 aromatic rings. The maximum absolute atomic E-state index is 5.46. The van der Waals surface area contributed by atoms with Crippen LogP contribution in [0.15, 0.2) is 42.5 Å². The molecule has 0 atom stereocenters. The van der Waals surface area contributed by atoms with E-state index in [4.69, 9.17) is 9.47 Å². The molecule has 1 aromatic heterocycles. The van der Waals surface area contributed by atoms with Crippen LogP contribution in [0, 0.1) is 13.8 Å². The molecule has 0 aliphatic heterocycles. The monoisotopic (exact) mass is 378 g/mol. The SMILES string of the molecule is CCc1cccc(C)c1Nc1nc(C)cc(Nc2ccc(OC)cc2OC)n1. The third kappa shape index (κ3) is 4.34. The van der Waals surface area contributed by atoms with E-state index in [2.05, 4.69) is 52.6 Å². The molecule has 6 nitrogen and oxygen atoms in total. The number of nitrogens with zero attached hydrogens (tertiary/aromatic N) is 2. The van der Waals surface area contributed by atoms with Crippen LogP contribution in [0.2, 0.25) is 0 Å². The van der Waals surface area contributed by atoms with Gasteiger partial charge in [-0.25, -0.2) is 4.98 Å². The summed E-state index contributed by atoms with van der Waals surface area (Å²) in [6.45, 7) is 6.17. The normalized spacial score (nSPS) is 10.5. The van der Waals surface area contributed by atoms with Crippen molar-refractivity contribution in [3.63, 3.8) is 0 Å². The first-order valence-corrected chi connectivity index (χ1v) is 9.24. The predicted octanol–water partition coefficient (Wildman–Crippen LogP) is 5.16. The third-order valence-electron chi connectivity index (χ3n) is 4.50. The Kier molecular flexibility index (Phi) is 5.99. The Morgan fingerprint density at radius 1 is 0.929 bits per heavy atom. The second-order valence-corrected chi connectivity index (χ2v) is 6.50. The van der Waals surface area contributed by atoms with E-state index in [1.165, 1.54) is 5.56 Å². The van der Waals surface area contributed by atoms with Crippen molar-refractivity contribution < 1.29 is 9.47 Å². The highest BCUT2D eigenvalue weighted by atomic mass is 16.5. The van der Waals surface area contributed by atoms with Crippen LogP contribution in [0.5, 0.6) is 11.5 Å². The van der Waals surface area contributed by atoms with E-state index in [1.807, 2.05) is 31.2 Å². The van der Waals surface area contributed by atoms with Gasteiger partial charge in [-0.15, -0.1) is 0 Å². The van der Waals surface area contributed by atoms with E-state index in [0.29, 0.717) is 17.5 Å². The number of methoxy groups -OCH3 is 2. The Hall–Kier alpha value is -3.28. The molecule has 2 N–H and O–H groups in total. The molecule has 0 unspecified atom stereocenters. The van der Waals surface area contributed by atoms with Gasteiger partial charge in [-0.05, 0) is 43.5 Å². The van der Waals surface area contributed by atoms with Gasteiger partial charge in [0.2, 0.25) is 5.95 Å². The molecule has 0 fully saturated rings. The second-order valence-electron chi connectivity index (χ2n) is 6.50. The van der Waals surface area contributed by atoms with E-state index in [0.717, 1.165) is 34.8 Å². The van der Waals surface area contributed by atoms with Crippen molar-refractivity contribution in [2.45, 2.75) is 27.2 Å². The lowest BCUT2D eigenvalue weighted by molar-refractivity contribution is 0.395. The molecule has 0 spiro atoms. The number of hydrogen-bond donors (Lipinski definition) is 2. The number of benzene rings is 2. The van der Waals surface area contributed by atoms with Crippen LogP contribution in [0.4, 0.5) is 23.1 Å². The molecular weight excluding hydrogens is 352 g/mol. The quantitative estimate of drug-likeness (QED) is 0.592. The summed E-state index contributed by atoms with van der Waals surface area (Å²) in [5.74, 6) is 2.65. The Balaban J connectivity index is 1.91. The van der Waals surface area contributed by atoms with Crippen molar-refractivity contribution in [1.82, 2.24) is 9.97 Å². The molecule has 0 saturated carbocycles. The van der Waals surface area contributed by atoms with Crippen LogP contribution < -0.4 is 20.1 Å². The summed E-state index contributed by atoms with van der Waals surface area (Å²) in [5, 5.41) is 6.71. The van der Waals surface area contributed by atoms with Gasteiger partial charge in [0.05, 0.1) is 19.9 Å². The first-order chi connectivity index (χ1) is 13.5. The minimum atomic E-state index is 0.555. The van der Waals surface area contributed by atoms with Gasteiger partial charge in [0.15, 0.2) is 0 Å². The lowest BCUT2D eigenvalue weighted by atomic mass is 10.1. The second kappa shape index (κ2) is 8.61. The van der Waals surface area contributed by atoms with Gasteiger partial charge in [0.25, 0.3) is 0 Å². The molecule has 0 bridgehead atoms. The van der Waals surface area contributed by atoms with Crippen LogP contribution in [0.1, 0.15) is 23.7 Å². The van der Waals surface area contributed by atoms with Crippen LogP contribution in [-0.4, -0.2) is 24.2 Å². The van der Waals surface area contributed by atoms with Gasteiger partial charge < -0.3 is 20.1 Å². The van der Waals surface area contributed by atoms with Gasteiger partial charge in [-0.3, -0.25) is 0 Å². The maximum atomic E-state index is 5.46. The zero-order valence-electron chi connectivity index (χ0n) is 17.0. The van der Waals surface area contributed by atoms with E-state index in [9.17, 15) is 0 Å². The van der Waals surface area contributed by atoms with Crippen molar-refractivity contribution in [1.29, 1.82) is 0 Å². The first kappa shape index (κ1) is 19.5. The summed E-state index contributed by atoms with van der Waals surface area (Å²) < 4.78 is 10.7. The molecular formula is C22H26N4O2. The lowest BCUT2D eigenvalue weighted by Gasteiger charge is -2.15. The zero-order chi connectivity index (χ0) is 20.1. The number of aromatic nitrogens is 2. The average molecular weight is 378 g/mol. The molecule has 146 valence electrons. The fourth-order valence-electron chi connectivity index (χ4n) is 3.04. The van der Waals surface area contributed by atoms with Gasteiger partial charge in [0.1, 0.15) is 17.3 Å². The maximum Gasteiger partial charge on any atom is 0.229 e. The highest BCUT2D eigenvalue weighted by Gasteiger charge is 2.10. The van der Waals surface area contributed by atoms with Gasteiger partial charge in [-0.1, -0.05) is 25.1 Å². The summed E-state index contributed by atoms with van der Waals surface area (Å²) in [5.41, 5.74) is 5.12. The molecule has 0 radical (unpaired) electrons. The summed E-state index contributed by atoms with van der Waals surface area (Å²) in [6, 6.07) is 13.8. The minimum absolute atomic E-state index is 0.555. The smallest absolute Gasteiger partial charge is 0.229 e. The molecule has 28 heavy (non-hydrogen) atoms. The Bertz CT molecular complexity index is 973. The highest BCUT2D eigenvalue weighted by Crippen LogP contribution is 2.31. The largest absolute Gasteiger partial charge is 0.497 e. The third-order valence-corrected chi connectivity index (χ3v) is 4.50. The molecule has 2 aromatic carbocycles. The van der Waals surface area contributed by atoms with E-state index < -0.39 is 0 Å². The van der Waals surface area contributed by atoms with Crippen LogP contribution in [0.3, 0.4) is 0 Å². The summed E-state index contributed by atoms with van der Waals surface area (Å²) in [6.07, 6.45) is 0.935. The molecule has 1 heterocycles. The van der Waals surface area contributed by atoms with Gasteiger partial charge in [0, 0.05) is 23.5 Å². The Morgan fingerprint density at radius 3 is 2.46 bits per heavy atom. The van der Waals surface area contributed by atoms with Crippen LogP contribution >= 0.6 is 0 Å². The topological polar surface area (TPSA) is 68.3 Å². The summed E-state index contributed by atoms with van der Waals surface area (Å²) in [7, 11) is 3.26. The molecule has 0 amide bonds. The van der Waals surface area contributed by atoms with Crippen LogP contribution in [0.25, 0.3) is 0 Å².